The number of nitrogens with one attached hydrogen (secondary N) is 1. The minimum absolute atomic E-state index is 0.558. The van der Waals surface area contributed by atoms with Crippen molar-refractivity contribution < 1.29 is 19.8 Å². The molecule has 0 spiro atoms. The van der Waals surface area contributed by atoms with Gasteiger partial charge in [-0.2, -0.15) is 0 Å². The molecule has 3 N–H and O–H groups in total. The summed E-state index contributed by atoms with van der Waals surface area (Å²) in [6.45, 7) is 2.16. The summed E-state index contributed by atoms with van der Waals surface area (Å²) in [5.41, 5.74) is 4.00. The second-order valence-electron chi connectivity index (χ2n) is 6.93. The molecule has 31 heavy (non-hydrogen) atoms. The average Bonchev–Trinajstić information content (AvgIpc) is 3.17. The summed E-state index contributed by atoms with van der Waals surface area (Å²) in [7, 11) is 2.17. The lowest BCUT2D eigenvalue weighted by atomic mass is 9.99. The van der Waals surface area contributed by atoms with Crippen LogP contribution < -0.4 is 0 Å². The van der Waals surface area contributed by atoms with Gasteiger partial charge < -0.3 is 20.1 Å². The van der Waals surface area contributed by atoms with Crippen LogP contribution in [-0.4, -0.2) is 57.2 Å². The number of aliphatic carboxylic acids is 2. The van der Waals surface area contributed by atoms with Gasteiger partial charge in [0.2, 0.25) is 0 Å². The summed E-state index contributed by atoms with van der Waals surface area (Å²) in [6.07, 6.45) is 8.57. The fourth-order valence-electron chi connectivity index (χ4n) is 3.12. The zero-order chi connectivity index (χ0) is 22.2. The quantitative estimate of drug-likeness (QED) is 0.515. The van der Waals surface area contributed by atoms with Gasteiger partial charge >= 0.3 is 11.9 Å². The third-order valence-corrected chi connectivity index (χ3v) is 5.58. The molecule has 1 aliphatic rings. The Balaban J connectivity index is 0.000000293. The molecule has 0 atom stereocenters. The number of H-pyrrole nitrogens is 1. The number of carbonyl (C=O) groups is 2. The highest BCUT2D eigenvalue weighted by Gasteiger charge is 2.14. The number of rotatable bonds is 5. The maximum absolute atomic E-state index is 9.55. The lowest BCUT2D eigenvalue weighted by Gasteiger charge is -2.21. The van der Waals surface area contributed by atoms with Crippen molar-refractivity contribution in [3.63, 3.8) is 0 Å². The van der Waals surface area contributed by atoms with E-state index in [4.69, 9.17) is 10.2 Å². The summed E-state index contributed by atoms with van der Waals surface area (Å²) < 4.78 is 0. The third kappa shape index (κ3) is 6.56. The van der Waals surface area contributed by atoms with E-state index < -0.39 is 11.9 Å². The minimum Gasteiger partial charge on any atom is -0.478 e. The van der Waals surface area contributed by atoms with Crippen molar-refractivity contribution in [3.05, 3.63) is 72.6 Å². The van der Waals surface area contributed by atoms with Crippen LogP contribution in [0.4, 0.5) is 0 Å². The number of aromatic amines is 1. The number of hydrogen-bond donors (Lipinski definition) is 3. The number of likely N-dealkylation sites (N-methyl/N-ethyl adjacent to an activating group) is 1. The summed E-state index contributed by atoms with van der Waals surface area (Å²) >= 11 is 1.71. The third-order valence-electron chi connectivity index (χ3n) is 4.64. The zero-order valence-corrected chi connectivity index (χ0v) is 17.8. The zero-order valence-electron chi connectivity index (χ0n) is 17.0. The number of fused-ring (bicyclic) bond motifs is 1. The van der Waals surface area contributed by atoms with Gasteiger partial charge in [-0.3, -0.25) is 0 Å². The number of nitrogens with zero attached hydrogens (tertiary/aromatic N) is 2. The fraction of sp³-hybridized carbons (Fsp3) is 0.174. The van der Waals surface area contributed by atoms with E-state index in [2.05, 4.69) is 52.4 Å². The van der Waals surface area contributed by atoms with Gasteiger partial charge in [0.15, 0.2) is 0 Å². The Bertz CT molecular complexity index is 1110. The minimum atomic E-state index is -1.26. The first-order chi connectivity index (χ1) is 14.9. The molecule has 1 aromatic carbocycles. The Kier molecular flexibility index (Phi) is 7.64. The SMILES string of the molecule is CN1CC=C(c2c[nH]c3ccc(Sc4ccccn4)cc23)CC1.O=C(O)C=CC(=O)O. The van der Waals surface area contributed by atoms with Gasteiger partial charge in [-0.05, 0) is 49.4 Å². The number of carboxylic acids is 2. The first-order valence-corrected chi connectivity index (χ1v) is 10.5. The number of carboxylic acid groups (broad SMARTS) is 2. The van der Waals surface area contributed by atoms with E-state index in [0.717, 1.165) is 24.5 Å². The van der Waals surface area contributed by atoms with Crippen molar-refractivity contribution in [3.8, 4) is 0 Å². The molecule has 3 aromatic rings. The molecule has 2 aromatic heterocycles. The van der Waals surface area contributed by atoms with Crippen molar-refractivity contribution in [2.24, 2.45) is 0 Å². The molecule has 0 fully saturated rings. The smallest absolute Gasteiger partial charge is 0.328 e. The van der Waals surface area contributed by atoms with Crippen molar-refractivity contribution in [1.82, 2.24) is 14.9 Å². The van der Waals surface area contributed by atoms with Crippen LogP contribution >= 0.6 is 11.8 Å². The van der Waals surface area contributed by atoms with Gasteiger partial charge in [-0.1, -0.05) is 23.9 Å². The van der Waals surface area contributed by atoms with E-state index in [9.17, 15) is 9.59 Å². The van der Waals surface area contributed by atoms with Gasteiger partial charge in [0, 0.05) is 59.0 Å². The largest absolute Gasteiger partial charge is 0.478 e. The standard InChI is InChI=1S/C19H19N3S.C4H4O4/c1-22-10-7-14(8-11-22)17-13-21-18-6-5-15(12-16(17)18)23-19-4-2-3-9-20-19;5-3(6)1-2-4(7)8/h2-7,9,12-13,21H,8,10-11H2,1H3;1-2H,(H,5,6)(H,7,8). The predicted octanol–water partition coefficient (Wildman–Crippen LogP) is 4.14. The predicted molar refractivity (Wildman–Crippen MR) is 121 cm³/mol. The van der Waals surface area contributed by atoms with Crippen LogP contribution in [0.2, 0.25) is 0 Å². The summed E-state index contributed by atoms with van der Waals surface area (Å²) in [5.74, 6) is -2.51. The van der Waals surface area contributed by atoms with E-state index in [-0.39, 0.29) is 0 Å². The molecule has 160 valence electrons. The van der Waals surface area contributed by atoms with Crippen LogP contribution in [0.15, 0.2) is 76.9 Å². The van der Waals surface area contributed by atoms with Gasteiger partial charge in [-0.15, -0.1) is 0 Å². The van der Waals surface area contributed by atoms with E-state index in [1.54, 1.807) is 11.8 Å². The Labute approximate surface area is 184 Å². The molecule has 3 heterocycles. The molecule has 0 saturated heterocycles. The number of hydrogen-bond acceptors (Lipinski definition) is 5. The molecule has 0 aliphatic carbocycles. The summed E-state index contributed by atoms with van der Waals surface area (Å²) in [5, 5.41) is 18.0. The topological polar surface area (TPSA) is 107 Å². The maximum atomic E-state index is 9.55. The van der Waals surface area contributed by atoms with Crippen LogP contribution in [0.3, 0.4) is 0 Å². The van der Waals surface area contributed by atoms with E-state index in [0.29, 0.717) is 12.2 Å². The number of aromatic nitrogens is 2. The van der Waals surface area contributed by atoms with Crippen LogP contribution in [0.5, 0.6) is 0 Å². The molecule has 0 saturated carbocycles. The molecule has 0 bridgehead atoms. The highest BCUT2D eigenvalue weighted by Crippen LogP contribution is 2.33. The van der Waals surface area contributed by atoms with Crippen molar-refractivity contribution in [1.29, 1.82) is 0 Å². The highest BCUT2D eigenvalue weighted by atomic mass is 32.2. The lowest BCUT2D eigenvalue weighted by molar-refractivity contribution is -0.134. The first-order valence-electron chi connectivity index (χ1n) is 9.64. The van der Waals surface area contributed by atoms with Crippen LogP contribution in [0, 0.1) is 0 Å². The molecule has 8 heteroatoms. The van der Waals surface area contributed by atoms with Gasteiger partial charge in [0.25, 0.3) is 0 Å². The van der Waals surface area contributed by atoms with E-state index in [1.165, 1.54) is 26.9 Å². The Hall–Kier alpha value is -3.36. The maximum Gasteiger partial charge on any atom is 0.328 e. The van der Waals surface area contributed by atoms with Crippen molar-refractivity contribution >= 4 is 40.2 Å². The first kappa shape index (κ1) is 22.3. The Morgan fingerprint density at radius 1 is 1.16 bits per heavy atom. The lowest BCUT2D eigenvalue weighted by Crippen LogP contribution is -2.23. The fourth-order valence-corrected chi connectivity index (χ4v) is 3.93. The van der Waals surface area contributed by atoms with Crippen molar-refractivity contribution in [2.75, 3.05) is 20.1 Å². The Morgan fingerprint density at radius 3 is 2.55 bits per heavy atom. The highest BCUT2D eigenvalue weighted by molar-refractivity contribution is 7.99. The second kappa shape index (κ2) is 10.6. The van der Waals surface area contributed by atoms with Crippen LogP contribution in [0.1, 0.15) is 12.0 Å². The van der Waals surface area contributed by atoms with Crippen LogP contribution in [0.25, 0.3) is 16.5 Å². The number of pyridine rings is 1. The van der Waals surface area contributed by atoms with Gasteiger partial charge in [0.05, 0.1) is 0 Å². The molecule has 0 unspecified atom stereocenters. The van der Waals surface area contributed by atoms with E-state index in [1.807, 2.05) is 24.4 Å². The Morgan fingerprint density at radius 2 is 1.94 bits per heavy atom. The second-order valence-corrected chi connectivity index (χ2v) is 8.02. The normalized spacial score (nSPS) is 14.2. The van der Waals surface area contributed by atoms with E-state index >= 15 is 0 Å². The molecule has 0 amide bonds. The molecule has 4 rings (SSSR count). The van der Waals surface area contributed by atoms with Gasteiger partial charge in [0.1, 0.15) is 5.03 Å². The van der Waals surface area contributed by atoms with Crippen LogP contribution in [-0.2, 0) is 9.59 Å². The van der Waals surface area contributed by atoms with Gasteiger partial charge in [-0.25, -0.2) is 14.6 Å². The summed E-state index contributed by atoms with van der Waals surface area (Å²) in [4.78, 5) is 30.5. The van der Waals surface area contributed by atoms with Crippen molar-refractivity contribution in [2.45, 2.75) is 16.3 Å². The monoisotopic (exact) mass is 437 g/mol. The molecule has 0 radical (unpaired) electrons. The molecular weight excluding hydrogens is 414 g/mol. The molecule has 1 aliphatic heterocycles. The number of benzene rings is 1. The average molecular weight is 438 g/mol. The molecular formula is C23H23N3O4S. The molecule has 7 nitrogen and oxygen atoms in total. The summed E-state index contributed by atoms with van der Waals surface area (Å²) in [6, 6.07) is 12.6.